The van der Waals surface area contributed by atoms with Gasteiger partial charge in [-0.3, -0.25) is 14.4 Å². The van der Waals surface area contributed by atoms with Crippen molar-refractivity contribution in [3.8, 4) is 0 Å². The van der Waals surface area contributed by atoms with E-state index in [1.807, 2.05) is 42.5 Å². The van der Waals surface area contributed by atoms with Crippen molar-refractivity contribution in [2.24, 2.45) is 17.3 Å². The number of hydrogen-bond acceptors (Lipinski definition) is 4. The van der Waals surface area contributed by atoms with Crippen molar-refractivity contribution in [1.82, 2.24) is 5.32 Å². The van der Waals surface area contributed by atoms with Gasteiger partial charge in [-0.1, -0.05) is 42.5 Å². The zero-order valence-corrected chi connectivity index (χ0v) is 12.7. The molecule has 0 unspecified atom stereocenters. The minimum absolute atomic E-state index is 0.0882. The van der Waals surface area contributed by atoms with Crippen LogP contribution in [0.25, 0.3) is 0 Å². The number of fused-ring (bicyclic) bond motifs is 5. The summed E-state index contributed by atoms with van der Waals surface area (Å²) in [5, 5.41) is 2.87. The van der Waals surface area contributed by atoms with Gasteiger partial charge >= 0.3 is 5.97 Å². The van der Waals surface area contributed by atoms with Crippen LogP contribution in [-0.4, -0.2) is 24.3 Å². The molecule has 2 bridgehead atoms. The van der Waals surface area contributed by atoms with Crippen molar-refractivity contribution < 1.29 is 19.1 Å². The second-order valence-electron chi connectivity index (χ2n) is 6.32. The van der Waals surface area contributed by atoms with Crippen LogP contribution in [0.3, 0.4) is 0 Å². The molecule has 1 aliphatic heterocycles. The molecule has 1 aromatic carbocycles. The molecule has 118 valence electrons. The minimum Gasteiger partial charge on any atom is -0.465 e. The first kappa shape index (κ1) is 14.2. The highest BCUT2D eigenvalue weighted by atomic mass is 16.5. The second kappa shape index (κ2) is 4.54. The van der Waals surface area contributed by atoms with E-state index in [1.165, 1.54) is 0 Å². The van der Waals surface area contributed by atoms with Crippen LogP contribution < -0.4 is 5.32 Å². The molecule has 1 saturated heterocycles. The first-order valence-corrected chi connectivity index (χ1v) is 7.87. The fourth-order valence-electron chi connectivity index (χ4n) is 4.74. The monoisotopic (exact) mass is 311 g/mol. The predicted molar refractivity (Wildman–Crippen MR) is 81.1 cm³/mol. The number of carbonyl (C=O) groups excluding carboxylic acids is 3. The number of rotatable bonds is 3. The number of carbonyl (C=O) groups is 3. The number of ether oxygens (including phenoxy) is 1. The first-order valence-electron chi connectivity index (χ1n) is 7.87. The summed E-state index contributed by atoms with van der Waals surface area (Å²) >= 11 is 0. The molecule has 2 fully saturated rings. The van der Waals surface area contributed by atoms with Crippen LogP contribution in [-0.2, 0) is 24.7 Å². The molecule has 4 atom stereocenters. The molecule has 0 spiro atoms. The van der Waals surface area contributed by atoms with Crippen LogP contribution in [0.15, 0.2) is 42.5 Å². The van der Waals surface area contributed by atoms with E-state index in [4.69, 9.17) is 4.74 Å². The Morgan fingerprint density at radius 3 is 2.61 bits per heavy atom. The van der Waals surface area contributed by atoms with E-state index in [1.54, 1.807) is 6.92 Å². The molecule has 1 aromatic rings. The number of esters is 1. The summed E-state index contributed by atoms with van der Waals surface area (Å²) in [6.45, 7) is 1.88. The van der Waals surface area contributed by atoms with Crippen molar-refractivity contribution in [3.05, 3.63) is 48.0 Å². The van der Waals surface area contributed by atoms with Gasteiger partial charge in [-0.25, -0.2) is 0 Å². The lowest BCUT2D eigenvalue weighted by atomic mass is 9.60. The Hall–Kier alpha value is -2.43. The fraction of sp³-hybridized carbons (Fsp3) is 0.389. The van der Waals surface area contributed by atoms with Gasteiger partial charge in [0, 0.05) is 11.8 Å². The topological polar surface area (TPSA) is 72.5 Å². The third-order valence-corrected chi connectivity index (χ3v) is 5.52. The van der Waals surface area contributed by atoms with Gasteiger partial charge < -0.3 is 10.1 Å². The molecule has 2 aliphatic carbocycles. The van der Waals surface area contributed by atoms with Gasteiger partial charge in [0.2, 0.25) is 5.78 Å². The highest BCUT2D eigenvalue weighted by Gasteiger charge is 2.79. The van der Waals surface area contributed by atoms with Crippen molar-refractivity contribution >= 4 is 17.7 Å². The highest BCUT2D eigenvalue weighted by molar-refractivity contribution is 6.45. The van der Waals surface area contributed by atoms with Gasteiger partial charge in [-0.05, 0) is 18.9 Å². The minimum atomic E-state index is -1.49. The fourth-order valence-corrected chi connectivity index (χ4v) is 4.74. The van der Waals surface area contributed by atoms with E-state index >= 15 is 0 Å². The summed E-state index contributed by atoms with van der Waals surface area (Å²) in [6, 6.07) is 9.30. The Labute approximate surface area is 133 Å². The standard InChI is InChI=1S/C18H17NO4/c1-2-23-16(22)17-12-8-9-13(10-12)18(17,19-15(21)14(17)20)11-6-4-3-5-7-11/h3-9,12-13H,2,10H2,1H3,(H,19,21)/t12-,13+,17-,18-/m1/s1. The summed E-state index contributed by atoms with van der Waals surface area (Å²) in [6.07, 6.45) is 4.56. The molecule has 1 N–H and O–H groups in total. The van der Waals surface area contributed by atoms with E-state index in [2.05, 4.69) is 5.32 Å². The lowest BCUT2D eigenvalue weighted by Gasteiger charge is -2.43. The van der Waals surface area contributed by atoms with E-state index in [0.29, 0.717) is 6.42 Å². The number of allylic oxidation sites excluding steroid dienone is 1. The molecule has 3 aliphatic rings. The lowest BCUT2D eigenvalue weighted by molar-refractivity contribution is -0.165. The molecular weight excluding hydrogens is 294 g/mol. The number of ketones is 1. The summed E-state index contributed by atoms with van der Waals surface area (Å²) < 4.78 is 5.26. The third-order valence-electron chi connectivity index (χ3n) is 5.52. The molecule has 1 saturated carbocycles. The molecule has 0 radical (unpaired) electrons. The largest absolute Gasteiger partial charge is 0.465 e. The van der Waals surface area contributed by atoms with E-state index < -0.39 is 28.6 Å². The van der Waals surface area contributed by atoms with E-state index in [0.717, 1.165) is 5.56 Å². The lowest BCUT2D eigenvalue weighted by Crippen LogP contribution is -2.58. The average Bonchev–Trinajstić information content (AvgIpc) is 3.20. The van der Waals surface area contributed by atoms with Crippen LogP contribution in [0.2, 0.25) is 0 Å². The average molecular weight is 311 g/mol. The molecular formula is C18H17NO4. The Bertz CT molecular complexity index is 741. The smallest absolute Gasteiger partial charge is 0.323 e. The summed E-state index contributed by atoms with van der Waals surface area (Å²) in [5.41, 5.74) is -1.74. The Balaban J connectivity index is 2.01. The van der Waals surface area contributed by atoms with E-state index in [9.17, 15) is 14.4 Å². The van der Waals surface area contributed by atoms with Crippen LogP contribution in [0.1, 0.15) is 18.9 Å². The maximum Gasteiger partial charge on any atom is 0.323 e. The summed E-state index contributed by atoms with van der Waals surface area (Å²) in [7, 11) is 0. The zero-order valence-electron chi connectivity index (χ0n) is 12.7. The maximum absolute atomic E-state index is 12.9. The number of Topliss-reactive ketones (excluding diaryl/α,β-unsaturated/α-hetero) is 1. The Morgan fingerprint density at radius 1 is 1.22 bits per heavy atom. The number of hydrogen-bond donors (Lipinski definition) is 1. The van der Waals surface area contributed by atoms with Gasteiger partial charge in [0.05, 0.1) is 12.1 Å². The van der Waals surface area contributed by atoms with Crippen molar-refractivity contribution in [1.29, 1.82) is 0 Å². The number of amides is 1. The van der Waals surface area contributed by atoms with Gasteiger partial charge in [-0.15, -0.1) is 0 Å². The molecule has 4 rings (SSSR count). The van der Waals surface area contributed by atoms with E-state index in [-0.39, 0.29) is 18.4 Å². The Morgan fingerprint density at radius 2 is 1.91 bits per heavy atom. The highest BCUT2D eigenvalue weighted by Crippen LogP contribution is 2.66. The van der Waals surface area contributed by atoms with Crippen molar-refractivity contribution in [2.75, 3.05) is 6.61 Å². The van der Waals surface area contributed by atoms with Gasteiger partial charge in [0.25, 0.3) is 5.91 Å². The SMILES string of the molecule is CCOC(=O)[C@@]12C(=O)C(=O)N[C@]1(c1ccccc1)[C@H]1C=C[C@@H]2C1. The van der Waals surface area contributed by atoms with Crippen LogP contribution >= 0.6 is 0 Å². The van der Waals surface area contributed by atoms with Crippen LogP contribution in [0.4, 0.5) is 0 Å². The Kier molecular flexibility index (Phi) is 2.80. The first-order chi connectivity index (χ1) is 11.1. The number of benzene rings is 1. The molecule has 23 heavy (non-hydrogen) atoms. The zero-order chi connectivity index (χ0) is 16.2. The normalized spacial score (nSPS) is 36.9. The maximum atomic E-state index is 12.9. The van der Waals surface area contributed by atoms with Crippen molar-refractivity contribution in [3.63, 3.8) is 0 Å². The van der Waals surface area contributed by atoms with Gasteiger partial charge in [0.1, 0.15) is 0 Å². The van der Waals surface area contributed by atoms with Crippen LogP contribution in [0.5, 0.6) is 0 Å². The molecule has 1 heterocycles. The molecule has 0 aromatic heterocycles. The van der Waals surface area contributed by atoms with Gasteiger partial charge in [-0.2, -0.15) is 0 Å². The molecule has 1 amide bonds. The van der Waals surface area contributed by atoms with Gasteiger partial charge in [0.15, 0.2) is 5.41 Å². The third kappa shape index (κ3) is 1.41. The second-order valence-corrected chi connectivity index (χ2v) is 6.32. The summed E-state index contributed by atoms with van der Waals surface area (Å²) in [5.74, 6) is -2.35. The molecule has 5 nitrogen and oxygen atoms in total. The quantitative estimate of drug-likeness (QED) is 0.396. The van der Waals surface area contributed by atoms with Crippen LogP contribution in [0, 0.1) is 17.3 Å². The van der Waals surface area contributed by atoms with Crippen molar-refractivity contribution in [2.45, 2.75) is 18.9 Å². The molecule has 5 heteroatoms. The number of nitrogens with one attached hydrogen (secondary N) is 1. The summed E-state index contributed by atoms with van der Waals surface area (Å²) in [4.78, 5) is 38.1. The predicted octanol–water partition coefficient (Wildman–Crippen LogP) is 1.34.